The molecule has 0 atom stereocenters. The molecule has 0 radical (unpaired) electrons. The third kappa shape index (κ3) is 5.50. The van der Waals surface area contributed by atoms with Crippen LogP contribution >= 0.6 is 0 Å². The first-order valence-corrected chi connectivity index (χ1v) is 6.33. The molecule has 0 bridgehead atoms. The van der Waals surface area contributed by atoms with E-state index in [-0.39, 0.29) is 13.0 Å². The highest BCUT2D eigenvalue weighted by Crippen LogP contribution is 2.18. The second kappa shape index (κ2) is 7.17. The summed E-state index contributed by atoms with van der Waals surface area (Å²) < 4.78 is 41.9. The van der Waals surface area contributed by atoms with Crippen molar-refractivity contribution in [2.24, 2.45) is 0 Å². The maximum atomic E-state index is 12.3. The SMILES string of the molecule is CCN(CC(F)(F)F)C(=O)CCc1ccc(OC)cc1. The largest absolute Gasteiger partial charge is 0.497 e. The Morgan fingerprint density at radius 2 is 1.85 bits per heavy atom. The molecule has 20 heavy (non-hydrogen) atoms. The van der Waals surface area contributed by atoms with Crippen molar-refractivity contribution in [3.63, 3.8) is 0 Å². The van der Waals surface area contributed by atoms with Crippen LogP contribution in [0.2, 0.25) is 0 Å². The van der Waals surface area contributed by atoms with Gasteiger partial charge in [-0.2, -0.15) is 13.2 Å². The van der Waals surface area contributed by atoms with Gasteiger partial charge in [0.2, 0.25) is 5.91 Å². The Bertz CT molecular complexity index is 429. The number of carbonyl (C=O) groups is 1. The minimum atomic E-state index is -4.36. The lowest BCUT2D eigenvalue weighted by molar-refractivity contribution is -0.160. The van der Waals surface area contributed by atoms with Gasteiger partial charge in [0.05, 0.1) is 7.11 Å². The molecule has 0 saturated heterocycles. The minimum absolute atomic E-state index is 0.0565. The van der Waals surface area contributed by atoms with Crippen molar-refractivity contribution in [1.29, 1.82) is 0 Å². The summed E-state index contributed by atoms with van der Waals surface area (Å²) in [5.74, 6) is 0.216. The summed E-state index contributed by atoms with van der Waals surface area (Å²) in [7, 11) is 1.55. The first-order chi connectivity index (χ1) is 9.35. The summed E-state index contributed by atoms with van der Waals surface area (Å²) in [5.41, 5.74) is 0.891. The van der Waals surface area contributed by atoms with E-state index in [9.17, 15) is 18.0 Å². The van der Waals surface area contributed by atoms with Crippen LogP contribution in [-0.2, 0) is 11.2 Å². The third-order valence-corrected chi connectivity index (χ3v) is 2.89. The molecule has 0 fully saturated rings. The zero-order chi connectivity index (χ0) is 15.2. The fraction of sp³-hybridized carbons (Fsp3) is 0.500. The molecule has 0 aliphatic heterocycles. The zero-order valence-electron chi connectivity index (χ0n) is 11.5. The topological polar surface area (TPSA) is 29.5 Å². The van der Waals surface area contributed by atoms with E-state index in [1.165, 1.54) is 6.92 Å². The first kappa shape index (κ1) is 16.3. The number of benzene rings is 1. The smallest absolute Gasteiger partial charge is 0.406 e. The fourth-order valence-corrected chi connectivity index (χ4v) is 1.79. The van der Waals surface area contributed by atoms with Gasteiger partial charge in [-0.1, -0.05) is 12.1 Å². The van der Waals surface area contributed by atoms with Crippen LogP contribution in [0.5, 0.6) is 5.75 Å². The van der Waals surface area contributed by atoms with E-state index in [0.717, 1.165) is 10.5 Å². The maximum Gasteiger partial charge on any atom is 0.406 e. The molecular weight excluding hydrogens is 271 g/mol. The van der Waals surface area contributed by atoms with Gasteiger partial charge in [-0.25, -0.2) is 0 Å². The summed E-state index contributed by atoms with van der Waals surface area (Å²) >= 11 is 0. The standard InChI is InChI=1S/C14H18F3NO2/c1-3-18(10-14(15,16)17)13(19)9-6-11-4-7-12(20-2)8-5-11/h4-5,7-8H,3,6,9-10H2,1-2H3. The lowest BCUT2D eigenvalue weighted by atomic mass is 10.1. The van der Waals surface area contributed by atoms with Crippen LogP contribution in [0.1, 0.15) is 18.9 Å². The highest BCUT2D eigenvalue weighted by atomic mass is 19.4. The number of methoxy groups -OCH3 is 1. The van der Waals surface area contributed by atoms with Gasteiger partial charge in [-0.3, -0.25) is 4.79 Å². The van der Waals surface area contributed by atoms with Gasteiger partial charge in [0, 0.05) is 13.0 Å². The average Bonchev–Trinajstić information content (AvgIpc) is 2.41. The second-order valence-corrected chi connectivity index (χ2v) is 4.37. The van der Waals surface area contributed by atoms with Gasteiger partial charge in [0.15, 0.2) is 0 Å². The summed E-state index contributed by atoms with van der Waals surface area (Å²) in [6, 6.07) is 7.11. The molecule has 6 heteroatoms. The predicted molar refractivity (Wildman–Crippen MR) is 69.6 cm³/mol. The highest BCUT2D eigenvalue weighted by Gasteiger charge is 2.31. The molecule has 0 heterocycles. The molecule has 0 aliphatic rings. The Morgan fingerprint density at radius 1 is 1.25 bits per heavy atom. The molecule has 0 saturated carbocycles. The fourth-order valence-electron chi connectivity index (χ4n) is 1.79. The molecular formula is C14H18F3NO2. The van der Waals surface area contributed by atoms with Crippen molar-refractivity contribution in [3.05, 3.63) is 29.8 Å². The number of halogens is 3. The molecule has 1 aromatic carbocycles. The number of rotatable bonds is 6. The molecule has 0 spiro atoms. The molecule has 1 rings (SSSR count). The Hall–Kier alpha value is -1.72. The number of alkyl halides is 3. The Morgan fingerprint density at radius 3 is 2.30 bits per heavy atom. The van der Waals surface area contributed by atoms with Crippen molar-refractivity contribution in [1.82, 2.24) is 4.90 Å². The maximum absolute atomic E-state index is 12.3. The van der Waals surface area contributed by atoms with Gasteiger partial charge in [0.25, 0.3) is 0 Å². The first-order valence-electron chi connectivity index (χ1n) is 6.33. The molecule has 112 valence electrons. The van der Waals surface area contributed by atoms with E-state index < -0.39 is 18.6 Å². The average molecular weight is 289 g/mol. The van der Waals surface area contributed by atoms with Crippen molar-refractivity contribution in [2.45, 2.75) is 25.9 Å². The predicted octanol–water partition coefficient (Wildman–Crippen LogP) is 3.04. The van der Waals surface area contributed by atoms with Crippen LogP contribution in [0.3, 0.4) is 0 Å². The van der Waals surface area contributed by atoms with Gasteiger partial charge in [-0.05, 0) is 31.0 Å². The normalized spacial score (nSPS) is 11.2. The number of ether oxygens (including phenoxy) is 1. The molecule has 0 aliphatic carbocycles. The third-order valence-electron chi connectivity index (χ3n) is 2.89. The van der Waals surface area contributed by atoms with Gasteiger partial charge in [-0.15, -0.1) is 0 Å². The number of amides is 1. The number of hydrogen-bond acceptors (Lipinski definition) is 2. The lowest BCUT2D eigenvalue weighted by Gasteiger charge is -2.22. The van der Waals surface area contributed by atoms with Gasteiger partial charge in [0.1, 0.15) is 12.3 Å². The quantitative estimate of drug-likeness (QED) is 0.805. The number of carbonyl (C=O) groups excluding carboxylic acids is 1. The van der Waals surface area contributed by atoms with Crippen LogP contribution in [0.25, 0.3) is 0 Å². The van der Waals surface area contributed by atoms with Crippen LogP contribution in [-0.4, -0.2) is 37.2 Å². The molecule has 1 aromatic rings. The van der Waals surface area contributed by atoms with Crippen LogP contribution in [0.15, 0.2) is 24.3 Å². The molecule has 3 nitrogen and oxygen atoms in total. The summed E-state index contributed by atoms with van der Waals surface area (Å²) in [6.07, 6.45) is -3.88. The van der Waals surface area contributed by atoms with Gasteiger partial charge >= 0.3 is 6.18 Å². The van der Waals surface area contributed by atoms with Crippen molar-refractivity contribution >= 4 is 5.91 Å². The van der Waals surface area contributed by atoms with E-state index in [2.05, 4.69) is 0 Å². The second-order valence-electron chi connectivity index (χ2n) is 4.37. The molecule has 0 aromatic heterocycles. The van der Waals surface area contributed by atoms with Crippen molar-refractivity contribution in [3.8, 4) is 5.75 Å². The minimum Gasteiger partial charge on any atom is -0.497 e. The van der Waals surface area contributed by atoms with Crippen LogP contribution in [0.4, 0.5) is 13.2 Å². The van der Waals surface area contributed by atoms with Crippen LogP contribution in [0, 0.1) is 0 Å². The Labute approximate surface area is 116 Å². The van der Waals surface area contributed by atoms with E-state index >= 15 is 0 Å². The monoisotopic (exact) mass is 289 g/mol. The molecule has 0 unspecified atom stereocenters. The van der Waals surface area contributed by atoms with E-state index in [0.29, 0.717) is 12.2 Å². The van der Waals surface area contributed by atoms with E-state index in [4.69, 9.17) is 4.74 Å². The van der Waals surface area contributed by atoms with Gasteiger partial charge < -0.3 is 9.64 Å². The van der Waals surface area contributed by atoms with Crippen molar-refractivity contribution in [2.75, 3.05) is 20.2 Å². The lowest BCUT2D eigenvalue weighted by Crippen LogP contribution is -2.38. The summed E-state index contributed by atoms with van der Waals surface area (Å²) in [4.78, 5) is 12.6. The molecule has 0 N–H and O–H groups in total. The summed E-state index contributed by atoms with van der Waals surface area (Å²) in [5, 5.41) is 0. The van der Waals surface area contributed by atoms with E-state index in [1.807, 2.05) is 0 Å². The zero-order valence-corrected chi connectivity index (χ0v) is 11.5. The number of hydrogen-bond donors (Lipinski definition) is 0. The summed E-state index contributed by atoms with van der Waals surface area (Å²) in [6.45, 7) is 0.406. The highest BCUT2D eigenvalue weighted by molar-refractivity contribution is 5.76. The number of nitrogens with zero attached hydrogens (tertiary/aromatic N) is 1. The molecule has 1 amide bonds. The number of aryl methyl sites for hydroxylation is 1. The van der Waals surface area contributed by atoms with Crippen molar-refractivity contribution < 1.29 is 22.7 Å². The Kier molecular flexibility index (Phi) is 5.85. The van der Waals surface area contributed by atoms with Crippen LogP contribution < -0.4 is 4.74 Å². The Balaban J connectivity index is 2.52. The van der Waals surface area contributed by atoms with E-state index in [1.54, 1.807) is 31.4 Å².